The number of hydrogen-bond donors (Lipinski definition) is 0. The Balaban J connectivity index is 2.92. The average Bonchev–Trinajstić information content (AvgIpc) is 2.10. The maximum atomic E-state index is 13.2. The van der Waals surface area contributed by atoms with Crippen LogP contribution in [0, 0.1) is 5.82 Å². The second kappa shape index (κ2) is 4.57. The van der Waals surface area contributed by atoms with E-state index in [0.29, 0.717) is 0 Å². The molecule has 0 saturated heterocycles. The van der Waals surface area contributed by atoms with Crippen molar-refractivity contribution in [2.45, 2.75) is 13.8 Å². The summed E-state index contributed by atoms with van der Waals surface area (Å²) in [4.78, 5) is 0. The van der Waals surface area contributed by atoms with Gasteiger partial charge in [-0.2, -0.15) is 0 Å². The SMILES string of the molecule is CCP(CC)c1ccccc1F. The van der Waals surface area contributed by atoms with Gasteiger partial charge in [-0.25, -0.2) is 4.39 Å². The van der Waals surface area contributed by atoms with E-state index in [1.54, 1.807) is 12.1 Å². The molecule has 0 atom stereocenters. The van der Waals surface area contributed by atoms with Gasteiger partial charge >= 0.3 is 0 Å². The van der Waals surface area contributed by atoms with Crippen LogP contribution >= 0.6 is 7.92 Å². The Labute approximate surface area is 74.6 Å². The molecular formula is C10H14FP. The third kappa shape index (κ3) is 2.04. The van der Waals surface area contributed by atoms with Gasteiger partial charge in [-0.3, -0.25) is 0 Å². The number of benzene rings is 1. The van der Waals surface area contributed by atoms with Gasteiger partial charge in [-0.05, 0) is 18.4 Å². The molecule has 1 rings (SSSR count). The van der Waals surface area contributed by atoms with Gasteiger partial charge in [0.2, 0.25) is 0 Å². The molecule has 0 N–H and O–H groups in total. The smallest absolute Gasteiger partial charge is 0.130 e. The van der Waals surface area contributed by atoms with Gasteiger partial charge in [0.25, 0.3) is 0 Å². The Morgan fingerprint density at radius 2 is 1.75 bits per heavy atom. The molecule has 0 heterocycles. The molecule has 0 aliphatic rings. The zero-order chi connectivity index (χ0) is 8.97. The van der Waals surface area contributed by atoms with Crippen LogP contribution in [0.1, 0.15) is 13.8 Å². The molecule has 1 aromatic carbocycles. The molecule has 0 amide bonds. The van der Waals surface area contributed by atoms with Crippen molar-refractivity contribution in [1.29, 1.82) is 0 Å². The van der Waals surface area contributed by atoms with Gasteiger partial charge in [0.15, 0.2) is 0 Å². The summed E-state index contributed by atoms with van der Waals surface area (Å²) in [6.07, 6.45) is 2.15. The minimum atomic E-state index is -0.247. The molecule has 0 spiro atoms. The largest absolute Gasteiger partial charge is 0.206 e. The van der Waals surface area contributed by atoms with Crippen molar-refractivity contribution in [2.75, 3.05) is 12.3 Å². The lowest BCUT2D eigenvalue weighted by Gasteiger charge is -2.13. The van der Waals surface area contributed by atoms with E-state index in [-0.39, 0.29) is 13.7 Å². The van der Waals surface area contributed by atoms with E-state index in [9.17, 15) is 4.39 Å². The monoisotopic (exact) mass is 184 g/mol. The molecule has 0 radical (unpaired) electrons. The van der Waals surface area contributed by atoms with Gasteiger partial charge in [0, 0.05) is 5.30 Å². The number of hydrogen-bond acceptors (Lipinski definition) is 0. The van der Waals surface area contributed by atoms with E-state index in [1.165, 1.54) is 0 Å². The highest BCUT2D eigenvalue weighted by Crippen LogP contribution is 2.33. The van der Waals surface area contributed by atoms with Crippen molar-refractivity contribution in [2.24, 2.45) is 0 Å². The van der Waals surface area contributed by atoms with Crippen molar-refractivity contribution in [1.82, 2.24) is 0 Å². The Morgan fingerprint density at radius 3 is 2.25 bits per heavy atom. The Kier molecular flexibility index (Phi) is 3.68. The van der Waals surface area contributed by atoms with Crippen LogP contribution < -0.4 is 5.30 Å². The average molecular weight is 184 g/mol. The molecule has 0 nitrogen and oxygen atoms in total. The molecule has 66 valence electrons. The maximum absolute atomic E-state index is 13.2. The number of halogens is 1. The van der Waals surface area contributed by atoms with E-state index in [1.807, 2.05) is 12.1 Å². The van der Waals surface area contributed by atoms with Crippen LogP contribution in [0.3, 0.4) is 0 Å². The molecule has 0 saturated carbocycles. The first-order valence-electron chi connectivity index (χ1n) is 4.29. The highest BCUT2D eigenvalue weighted by atomic mass is 31.1. The van der Waals surface area contributed by atoms with Crippen LogP contribution in [0.25, 0.3) is 0 Å². The fourth-order valence-electron chi connectivity index (χ4n) is 1.27. The molecule has 0 aromatic heterocycles. The maximum Gasteiger partial charge on any atom is 0.130 e. The minimum absolute atomic E-state index is 0.0349. The zero-order valence-corrected chi connectivity index (χ0v) is 8.44. The van der Waals surface area contributed by atoms with Gasteiger partial charge < -0.3 is 0 Å². The van der Waals surface area contributed by atoms with Gasteiger partial charge in [-0.1, -0.05) is 40.0 Å². The lowest BCUT2D eigenvalue weighted by Crippen LogP contribution is -2.08. The second-order valence-corrected chi connectivity index (χ2v) is 5.45. The topological polar surface area (TPSA) is 0 Å². The van der Waals surface area contributed by atoms with Crippen molar-refractivity contribution >= 4 is 13.2 Å². The first-order valence-corrected chi connectivity index (χ1v) is 6.00. The first kappa shape index (κ1) is 9.67. The van der Waals surface area contributed by atoms with Crippen LogP contribution in [0.15, 0.2) is 24.3 Å². The summed E-state index contributed by atoms with van der Waals surface area (Å²) in [5.41, 5.74) is 0. The van der Waals surface area contributed by atoms with Crippen molar-refractivity contribution in [3.05, 3.63) is 30.1 Å². The van der Waals surface area contributed by atoms with Crippen molar-refractivity contribution in [3.63, 3.8) is 0 Å². The molecule has 0 bridgehead atoms. The fourth-order valence-corrected chi connectivity index (χ4v) is 3.07. The van der Waals surface area contributed by atoms with Crippen LogP contribution in [0.5, 0.6) is 0 Å². The lowest BCUT2D eigenvalue weighted by molar-refractivity contribution is 0.636. The zero-order valence-electron chi connectivity index (χ0n) is 7.55. The number of rotatable bonds is 3. The summed E-state index contributed by atoms with van der Waals surface area (Å²) in [6.45, 7) is 4.25. The van der Waals surface area contributed by atoms with Crippen LogP contribution in [-0.4, -0.2) is 12.3 Å². The standard InChI is InChI=1S/C10H14FP/c1-3-12(4-2)10-8-6-5-7-9(10)11/h5-8H,3-4H2,1-2H3. The normalized spacial score (nSPS) is 10.7. The third-order valence-electron chi connectivity index (χ3n) is 1.96. The molecule has 0 fully saturated rings. The molecule has 0 unspecified atom stereocenters. The Morgan fingerprint density at radius 1 is 1.17 bits per heavy atom. The van der Waals surface area contributed by atoms with E-state index in [0.717, 1.165) is 17.6 Å². The van der Waals surface area contributed by atoms with E-state index < -0.39 is 0 Å². The van der Waals surface area contributed by atoms with Crippen LogP contribution in [0.4, 0.5) is 4.39 Å². The molecule has 1 aromatic rings. The van der Waals surface area contributed by atoms with Crippen molar-refractivity contribution in [3.8, 4) is 0 Å². The summed E-state index contributed by atoms with van der Waals surface area (Å²) in [5, 5.41) is 0.928. The predicted octanol–water partition coefficient (Wildman–Crippen LogP) is 2.97. The second-order valence-electron chi connectivity index (χ2n) is 2.62. The highest BCUT2D eigenvalue weighted by molar-refractivity contribution is 7.65. The molecule has 0 aliphatic carbocycles. The minimum Gasteiger partial charge on any atom is -0.206 e. The quantitative estimate of drug-likeness (QED) is 0.633. The summed E-state index contributed by atoms with van der Waals surface area (Å²) >= 11 is 0. The summed E-state index contributed by atoms with van der Waals surface area (Å²) < 4.78 is 13.2. The molecule has 12 heavy (non-hydrogen) atoms. The first-order chi connectivity index (χ1) is 5.79. The molecule has 0 aliphatic heterocycles. The lowest BCUT2D eigenvalue weighted by atomic mass is 10.3. The Bertz CT molecular complexity index is 243. The van der Waals surface area contributed by atoms with Gasteiger partial charge in [0.05, 0.1) is 0 Å². The Hall–Kier alpha value is -0.420. The van der Waals surface area contributed by atoms with Gasteiger partial charge in [-0.15, -0.1) is 0 Å². The van der Waals surface area contributed by atoms with Crippen LogP contribution in [-0.2, 0) is 0 Å². The molecular weight excluding hydrogens is 170 g/mol. The van der Waals surface area contributed by atoms with E-state index >= 15 is 0 Å². The van der Waals surface area contributed by atoms with Gasteiger partial charge in [0.1, 0.15) is 5.82 Å². The predicted molar refractivity (Wildman–Crippen MR) is 54.0 cm³/mol. The summed E-state index contributed by atoms with van der Waals surface area (Å²) in [5.74, 6) is -0.0349. The third-order valence-corrected chi connectivity index (χ3v) is 4.53. The van der Waals surface area contributed by atoms with Crippen LogP contribution in [0.2, 0.25) is 0 Å². The van der Waals surface area contributed by atoms with Crippen molar-refractivity contribution < 1.29 is 4.39 Å². The summed E-state index contributed by atoms with van der Waals surface area (Å²) in [7, 11) is -0.247. The van der Waals surface area contributed by atoms with E-state index in [2.05, 4.69) is 13.8 Å². The fraction of sp³-hybridized carbons (Fsp3) is 0.400. The highest BCUT2D eigenvalue weighted by Gasteiger charge is 2.09. The molecule has 2 heteroatoms. The summed E-state index contributed by atoms with van der Waals surface area (Å²) in [6, 6.07) is 7.13. The van der Waals surface area contributed by atoms with E-state index in [4.69, 9.17) is 0 Å².